The van der Waals surface area contributed by atoms with E-state index in [1.165, 1.54) is 0 Å². The second-order valence-corrected chi connectivity index (χ2v) is 3.89. The summed E-state index contributed by atoms with van der Waals surface area (Å²) in [5.41, 5.74) is -2.17. The van der Waals surface area contributed by atoms with Gasteiger partial charge in [-0.05, 0) is 19.3 Å². The first kappa shape index (κ1) is 10.9. The third-order valence-corrected chi connectivity index (χ3v) is 3.01. The smallest absolute Gasteiger partial charge is 0.166 e. The van der Waals surface area contributed by atoms with E-state index < -0.39 is 34.2 Å². The highest BCUT2D eigenvalue weighted by atomic mass is 19.2. The molecule has 1 aliphatic rings. The van der Waals surface area contributed by atoms with E-state index in [0.29, 0.717) is 6.42 Å². The van der Waals surface area contributed by atoms with Crippen LogP contribution in [-0.2, 0) is 5.41 Å². The Balaban J connectivity index is 2.69. The largest absolute Gasteiger partial charge is 0.204 e. The van der Waals surface area contributed by atoms with E-state index in [4.69, 9.17) is 5.26 Å². The zero-order chi connectivity index (χ0) is 11.9. The molecular weight excluding hydrogens is 222 g/mol. The van der Waals surface area contributed by atoms with Crippen molar-refractivity contribution in [2.45, 2.75) is 24.7 Å². The highest BCUT2D eigenvalue weighted by molar-refractivity contribution is 5.38. The summed E-state index contributed by atoms with van der Waals surface area (Å²) in [5.74, 6) is -5.84. The lowest BCUT2D eigenvalue weighted by atomic mass is 9.65. The second kappa shape index (κ2) is 3.48. The van der Waals surface area contributed by atoms with E-state index in [1.54, 1.807) is 6.07 Å². The maximum atomic E-state index is 13.4. The van der Waals surface area contributed by atoms with Gasteiger partial charge in [-0.3, -0.25) is 0 Å². The van der Waals surface area contributed by atoms with Crippen molar-refractivity contribution in [1.82, 2.24) is 0 Å². The standard InChI is InChI=1S/C11H7F4N/c12-6-4-7(13)10(15)8(9(6)14)11(5-16)2-1-3-11/h4H,1-3H2. The first-order valence-corrected chi connectivity index (χ1v) is 4.76. The van der Waals surface area contributed by atoms with E-state index in [2.05, 4.69) is 0 Å². The van der Waals surface area contributed by atoms with Crippen LogP contribution in [0.15, 0.2) is 6.07 Å². The molecule has 0 atom stereocenters. The number of rotatable bonds is 1. The molecule has 0 aromatic heterocycles. The van der Waals surface area contributed by atoms with Crippen LogP contribution in [0.3, 0.4) is 0 Å². The third kappa shape index (κ3) is 1.29. The summed E-state index contributed by atoms with van der Waals surface area (Å²) in [6.45, 7) is 0. The van der Waals surface area contributed by atoms with E-state index in [1.807, 2.05) is 0 Å². The molecule has 0 unspecified atom stereocenters. The molecule has 0 aliphatic heterocycles. The van der Waals surface area contributed by atoms with Gasteiger partial charge >= 0.3 is 0 Å². The first-order chi connectivity index (χ1) is 7.52. The summed E-state index contributed by atoms with van der Waals surface area (Å²) in [7, 11) is 0. The predicted molar refractivity (Wildman–Crippen MR) is 47.4 cm³/mol. The van der Waals surface area contributed by atoms with E-state index in [0.717, 1.165) is 0 Å². The highest BCUT2D eigenvalue weighted by Crippen LogP contribution is 2.45. The Hall–Kier alpha value is -1.57. The lowest BCUT2D eigenvalue weighted by molar-refractivity contribution is 0.290. The average Bonchev–Trinajstić information content (AvgIpc) is 2.19. The van der Waals surface area contributed by atoms with Crippen LogP contribution in [0.25, 0.3) is 0 Å². The molecule has 5 heteroatoms. The lowest BCUT2D eigenvalue weighted by Crippen LogP contribution is -2.35. The molecule has 16 heavy (non-hydrogen) atoms. The fourth-order valence-corrected chi connectivity index (χ4v) is 1.94. The molecule has 2 rings (SSSR count). The Morgan fingerprint density at radius 1 is 1.06 bits per heavy atom. The third-order valence-electron chi connectivity index (χ3n) is 3.01. The first-order valence-electron chi connectivity index (χ1n) is 4.76. The van der Waals surface area contributed by atoms with Gasteiger partial charge in [0, 0.05) is 11.6 Å². The van der Waals surface area contributed by atoms with Gasteiger partial charge in [0.25, 0.3) is 0 Å². The summed E-state index contributed by atoms with van der Waals surface area (Å²) in [4.78, 5) is 0. The van der Waals surface area contributed by atoms with Crippen LogP contribution in [0.5, 0.6) is 0 Å². The van der Waals surface area contributed by atoms with Gasteiger partial charge in [0.15, 0.2) is 23.3 Å². The molecule has 84 valence electrons. The number of benzene rings is 1. The number of nitriles is 1. The molecule has 0 bridgehead atoms. The van der Waals surface area contributed by atoms with Gasteiger partial charge in [-0.2, -0.15) is 5.26 Å². The minimum atomic E-state index is -1.46. The van der Waals surface area contributed by atoms with E-state index >= 15 is 0 Å². The number of hydrogen-bond donors (Lipinski definition) is 0. The van der Waals surface area contributed by atoms with Crippen LogP contribution in [0.1, 0.15) is 24.8 Å². The maximum absolute atomic E-state index is 13.4. The molecule has 0 heterocycles. The molecule has 0 saturated heterocycles. The van der Waals surface area contributed by atoms with Crippen LogP contribution in [0.2, 0.25) is 0 Å². The van der Waals surface area contributed by atoms with Crippen molar-refractivity contribution in [1.29, 1.82) is 5.26 Å². The zero-order valence-corrected chi connectivity index (χ0v) is 8.16. The quantitative estimate of drug-likeness (QED) is 0.536. The number of nitrogens with zero attached hydrogens (tertiary/aromatic N) is 1. The molecular formula is C11H7F4N. The fourth-order valence-electron chi connectivity index (χ4n) is 1.94. The SMILES string of the molecule is N#CC1(c2c(F)c(F)cc(F)c2F)CCC1. The molecule has 0 N–H and O–H groups in total. The van der Waals surface area contributed by atoms with Crippen LogP contribution in [0.4, 0.5) is 17.6 Å². The summed E-state index contributed by atoms with van der Waals surface area (Å²) >= 11 is 0. The van der Waals surface area contributed by atoms with Gasteiger partial charge in [-0.1, -0.05) is 0 Å². The zero-order valence-electron chi connectivity index (χ0n) is 8.16. The molecule has 1 nitrogen and oxygen atoms in total. The molecule has 0 radical (unpaired) electrons. The molecule has 1 aromatic carbocycles. The van der Waals surface area contributed by atoms with E-state index in [9.17, 15) is 17.6 Å². The molecule has 1 aliphatic carbocycles. The average molecular weight is 229 g/mol. The van der Waals surface area contributed by atoms with Crippen LogP contribution >= 0.6 is 0 Å². The summed E-state index contributed by atoms with van der Waals surface area (Å²) in [5, 5.41) is 8.89. The van der Waals surface area contributed by atoms with Crippen LogP contribution in [0, 0.1) is 34.6 Å². The van der Waals surface area contributed by atoms with Crippen molar-refractivity contribution < 1.29 is 17.6 Å². The molecule has 1 fully saturated rings. The minimum absolute atomic E-state index is 0.151. The lowest BCUT2D eigenvalue weighted by Gasteiger charge is -2.35. The van der Waals surface area contributed by atoms with Crippen molar-refractivity contribution in [2.75, 3.05) is 0 Å². The molecule has 0 amide bonds. The molecule has 1 saturated carbocycles. The van der Waals surface area contributed by atoms with Crippen molar-refractivity contribution in [2.24, 2.45) is 0 Å². The Bertz CT molecular complexity index is 459. The Morgan fingerprint density at radius 3 is 1.88 bits per heavy atom. The Morgan fingerprint density at radius 2 is 1.56 bits per heavy atom. The van der Waals surface area contributed by atoms with E-state index in [-0.39, 0.29) is 18.9 Å². The summed E-state index contributed by atoms with van der Waals surface area (Å²) in [6.07, 6.45) is 1.06. The normalized spacial score (nSPS) is 17.7. The van der Waals surface area contributed by atoms with Gasteiger partial charge < -0.3 is 0 Å². The Labute approximate surface area is 89.3 Å². The number of hydrogen-bond acceptors (Lipinski definition) is 1. The van der Waals surface area contributed by atoms with Gasteiger partial charge in [-0.25, -0.2) is 17.6 Å². The van der Waals surface area contributed by atoms with Crippen molar-refractivity contribution in [3.63, 3.8) is 0 Å². The van der Waals surface area contributed by atoms with Gasteiger partial charge in [0.1, 0.15) is 0 Å². The molecule has 0 spiro atoms. The van der Waals surface area contributed by atoms with Gasteiger partial charge in [0.05, 0.1) is 11.5 Å². The fraction of sp³-hybridized carbons (Fsp3) is 0.364. The summed E-state index contributed by atoms with van der Waals surface area (Å²) in [6, 6.07) is 1.90. The van der Waals surface area contributed by atoms with Crippen molar-refractivity contribution >= 4 is 0 Å². The van der Waals surface area contributed by atoms with Gasteiger partial charge in [0.2, 0.25) is 0 Å². The minimum Gasteiger partial charge on any atom is -0.204 e. The highest BCUT2D eigenvalue weighted by Gasteiger charge is 2.44. The van der Waals surface area contributed by atoms with Crippen LogP contribution < -0.4 is 0 Å². The molecule has 1 aromatic rings. The maximum Gasteiger partial charge on any atom is 0.166 e. The predicted octanol–water partition coefficient (Wildman–Crippen LogP) is 3.19. The Kier molecular flexibility index (Phi) is 2.38. The van der Waals surface area contributed by atoms with Gasteiger partial charge in [-0.15, -0.1) is 0 Å². The topological polar surface area (TPSA) is 23.8 Å². The summed E-state index contributed by atoms with van der Waals surface area (Å²) < 4.78 is 52.7. The van der Waals surface area contributed by atoms with Crippen molar-refractivity contribution in [3.8, 4) is 6.07 Å². The number of halogens is 4. The monoisotopic (exact) mass is 229 g/mol. The van der Waals surface area contributed by atoms with Crippen molar-refractivity contribution in [3.05, 3.63) is 34.9 Å². The van der Waals surface area contributed by atoms with Crippen LogP contribution in [-0.4, -0.2) is 0 Å². The second-order valence-electron chi connectivity index (χ2n) is 3.89.